The van der Waals surface area contributed by atoms with Gasteiger partial charge in [0.2, 0.25) is 5.91 Å². The second kappa shape index (κ2) is 6.26. The number of nitrogens with one attached hydrogen (secondary N) is 1. The molecule has 0 saturated heterocycles. The predicted molar refractivity (Wildman–Crippen MR) is 69.2 cm³/mol. The molecule has 0 bridgehead atoms. The maximum atomic E-state index is 11.9. The summed E-state index contributed by atoms with van der Waals surface area (Å²) in [6, 6.07) is 4.85. The zero-order valence-corrected chi connectivity index (χ0v) is 11.1. The summed E-state index contributed by atoms with van der Waals surface area (Å²) in [5.41, 5.74) is 1.95. The average Bonchev–Trinajstić information content (AvgIpc) is 2.41. The number of halogens is 3. The summed E-state index contributed by atoms with van der Waals surface area (Å²) >= 11 is 0. The predicted octanol–water partition coefficient (Wildman–Crippen LogP) is 2.72. The molecule has 1 aromatic rings. The number of ketones is 1. The second-order valence-corrected chi connectivity index (χ2v) is 4.76. The molecule has 4 nitrogen and oxygen atoms in total. The minimum atomic E-state index is -4.38. The highest BCUT2D eigenvalue weighted by Gasteiger charge is 2.27. The number of alkyl halides is 3. The molecule has 1 heterocycles. The SMILES string of the molecule is O=C1CCc2cc(C(=O)CCOCC(F)(F)F)ccc2N1. The molecular formula is C14H14F3NO3. The van der Waals surface area contributed by atoms with Crippen LogP contribution in [0.5, 0.6) is 0 Å². The normalized spacial score (nSPS) is 14.5. The van der Waals surface area contributed by atoms with Gasteiger partial charge < -0.3 is 10.1 Å². The monoisotopic (exact) mass is 301 g/mol. The summed E-state index contributed by atoms with van der Waals surface area (Å²) in [4.78, 5) is 23.1. The topological polar surface area (TPSA) is 55.4 Å². The van der Waals surface area contributed by atoms with E-state index in [9.17, 15) is 22.8 Å². The summed E-state index contributed by atoms with van der Waals surface area (Å²) in [5, 5.41) is 2.70. The van der Waals surface area contributed by atoms with E-state index < -0.39 is 12.8 Å². The number of aryl methyl sites for hydroxylation is 1. The Morgan fingerprint density at radius 3 is 2.76 bits per heavy atom. The fraction of sp³-hybridized carbons (Fsp3) is 0.429. The van der Waals surface area contributed by atoms with Gasteiger partial charge in [-0.3, -0.25) is 9.59 Å². The van der Waals surface area contributed by atoms with Gasteiger partial charge in [0, 0.05) is 24.1 Å². The minimum absolute atomic E-state index is 0.0675. The zero-order chi connectivity index (χ0) is 15.5. The number of Topliss-reactive ketones (excluding diaryl/α,β-unsaturated/α-hetero) is 1. The number of benzene rings is 1. The Bertz CT molecular complexity index is 555. The van der Waals surface area contributed by atoms with Gasteiger partial charge in [0.25, 0.3) is 0 Å². The van der Waals surface area contributed by atoms with E-state index in [0.717, 1.165) is 5.56 Å². The fourth-order valence-electron chi connectivity index (χ4n) is 2.05. The van der Waals surface area contributed by atoms with Crippen molar-refractivity contribution in [3.8, 4) is 0 Å². The fourth-order valence-corrected chi connectivity index (χ4v) is 2.05. The molecule has 0 aromatic heterocycles. The Labute approximate surface area is 119 Å². The smallest absolute Gasteiger partial charge is 0.372 e. The lowest BCUT2D eigenvalue weighted by Gasteiger charge is -2.17. The molecule has 1 aromatic carbocycles. The van der Waals surface area contributed by atoms with E-state index in [-0.39, 0.29) is 24.7 Å². The summed E-state index contributed by atoms with van der Waals surface area (Å²) in [6.07, 6.45) is -3.58. The largest absolute Gasteiger partial charge is 0.411 e. The molecule has 114 valence electrons. The first kappa shape index (κ1) is 15.5. The number of hydrogen-bond donors (Lipinski definition) is 1. The number of anilines is 1. The van der Waals surface area contributed by atoms with Crippen molar-refractivity contribution in [1.29, 1.82) is 0 Å². The van der Waals surface area contributed by atoms with Gasteiger partial charge in [0.1, 0.15) is 6.61 Å². The van der Waals surface area contributed by atoms with Crippen LogP contribution in [0.1, 0.15) is 28.8 Å². The van der Waals surface area contributed by atoms with Crippen LogP contribution in [0.2, 0.25) is 0 Å². The molecular weight excluding hydrogens is 287 g/mol. The summed E-state index contributed by atoms with van der Waals surface area (Å²) in [6.45, 7) is -1.62. The van der Waals surface area contributed by atoms with Crippen molar-refractivity contribution < 1.29 is 27.5 Å². The standard InChI is InChI=1S/C14H14F3NO3/c15-14(16,17)8-21-6-5-12(19)10-1-3-11-9(7-10)2-4-13(20)18-11/h1,3,7H,2,4-6,8H2,(H,18,20). The van der Waals surface area contributed by atoms with E-state index >= 15 is 0 Å². The Balaban J connectivity index is 1.90. The molecule has 0 saturated carbocycles. The molecule has 1 N–H and O–H groups in total. The van der Waals surface area contributed by atoms with Gasteiger partial charge in [-0.05, 0) is 30.2 Å². The van der Waals surface area contributed by atoms with Gasteiger partial charge in [-0.15, -0.1) is 0 Å². The van der Waals surface area contributed by atoms with E-state index in [4.69, 9.17) is 0 Å². The highest BCUT2D eigenvalue weighted by Crippen LogP contribution is 2.24. The highest BCUT2D eigenvalue weighted by molar-refractivity contribution is 5.99. The van der Waals surface area contributed by atoms with E-state index in [0.29, 0.717) is 24.1 Å². The first-order valence-corrected chi connectivity index (χ1v) is 6.45. The van der Waals surface area contributed by atoms with Crippen LogP contribution in [-0.2, 0) is 16.0 Å². The van der Waals surface area contributed by atoms with Crippen LogP contribution in [0.4, 0.5) is 18.9 Å². The van der Waals surface area contributed by atoms with Gasteiger partial charge >= 0.3 is 6.18 Å². The Morgan fingerprint density at radius 2 is 2.05 bits per heavy atom. The van der Waals surface area contributed by atoms with Crippen molar-refractivity contribution in [3.63, 3.8) is 0 Å². The lowest BCUT2D eigenvalue weighted by Crippen LogP contribution is -2.20. The van der Waals surface area contributed by atoms with Crippen molar-refractivity contribution in [2.45, 2.75) is 25.4 Å². The third kappa shape index (κ3) is 4.56. The van der Waals surface area contributed by atoms with E-state index in [1.54, 1.807) is 18.2 Å². The minimum Gasteiger partial charge on any atom is -0.372 e. The van der Waals surface area contributed by atoms with Crippen LogP contribution >= 0.6 is 0 Å². The molecule has 0 fully saturated rings. The molecule has 0 atom stereocenters. The van der Waals surface area contributed by atoms with Gasteiger partial charge in [0.15, 0.2) is 5.78 Å². The number of amides is 1. The van der Waals surface area contributed by atoms with Gasteiger partial charge in [-0.2, -0.15) is 13.2 Å². The number of hydrogen-bond acceptors (Lipinski definition) is 3. The van der Waals surface area contributed by atoms with Crippen molar-refractivity contribution in [1.82, 2.24) is 0 Å². The van der Waals surface area contributed by atoms with Crippen molar-refractivity contribution in [2.24, 2.45) is 0 Å². The maximum absolute atomic E-state index is 11.9. The van der Waals surface area contributed by atoms with Crippen LogP contribution in [0, 0.1) is 0 Å². The molecule has 1 aliphatic rings. The lowest BCUT2D eigenvalue weighted by atomic mass is 9.98. The van der Waals surface area contributed by atoms with Gasteiger partial charge in [-0.1, -0.05) is 0 Å². The zero-order valence-electron chi connectivity index (χ0n) is 11.1. The third-order valence-electron chi connectivity index (χ3n) is 3.06. The highest BCUT2D eigenvalue weighted by atomic mass is 19.4. The Kier molecular flexibility index (Phi) is 4.62. The van der Waals surface area contributed by atoms with Gasteiger partial charge in [-0.25, -0.2) is 0 Å². The number of fused-ring (bicyclic) bond motifs is 1. The summed E-state index contributed by atoms with van der Waals surface area (Å²) in [7, 11) is 0. The quantitative estimate of drug-likeness (QED) is 0.672. The number of carbonyl (C=O) groups excluding carboxylic acids is 2. The molecule has 0 radical (unpaired) electrons. The van der Waals surface area contributed by atoms with Crippen LogP contribution in [0.25, 0.3) is 0 Å². The molecule has 0 unspecified atom stereocenters. The molecule has 2 rings (SSSR count). The lowest BCUT2D eigenvalue weighted by molar-refractivity contribution is -0.173. The van der Waals surface area contributed by atoms with Crippen LogP contribution in [0.15, 0.2) is 18.2 Å². The first-order valence-electron chi connectivity index (χ1n) is 6.45. The van der Waals surface area contributed by atoms with Crippen molar-refractivity contribution in [2.75, 3.05) is 18.5 Å². The molecule has 1 amide bonds. The van der Waals surface area contributed by atoms with E-state index in [2.05, 4.69) is 10.1 Å². The van der Waals surface area contributed by atoms with E-state index in [1.807, 2.05) is 0 Å². The molecule has 1 aliphatic heterocycles. The van der Waals surface area contributed by atoms with Crippen LogP contribution < -0.4 is 5.32 Å². The van der Waals surface area contributed by atoms with Crippen molar-refractivity contribution in [3.05, 3.63) is 29.3 Å². The van der Waals surface area contributed by atoms with E-state index in [1.165, 1.54) is 0 Å². The summed E-state index contributed by atoms with van der Waals surface area (Å²) < 4.78 is 40.1. The number of rotatable bonds is 5. The molecule has 7 heteroatoms. The Morgan fingerprint density at radius 1 is 1.29 bits per heavy atom. The Hall–Kier alpha value is -1.89. The first-order chi connectivity index (χ1) is 9.85. The molecule has 0 aliphatic carbocycles. The number of ether oxygens (including phenoxy) is 1. The number of carbonyl (C=O) groups is 2. The maximum Gasteiger partial charge on any atom is 0.411 e. The molecule has 0 spiro atoms. The average molecular weight is 301 g/mol. The van der Waals surface area contributed by atoms with Gasteiger partial charge in [0.05, 0.1) is 6.61 Å². The second-order valence-electron chi connectivity index (χ2n) is 4.76. The summed E-state index contributed by atoms with van der Waals surface area (Å²) in [5.74, 6) is -0.348. The van der Waals surface area contributed by atoms with Crippen LogP contribution in [-0.4, -0.2) is 31.1 Å². The third-order valence-corrected chi connectivity index (χ3v) is 3.06. The van der Waals surface area contributed by atoms with Crippen LogP contribution in [0.3, 0.4) is 0 Å². The molecule has 21 heavy (non-hydrogen) atoms. The van der Waals surface area contributed by atoms with Crippen molar-refractivity contribution >= 4 is 17.4 Å².